The Labute approximate surface area is 241 Å². The number of ether oxygens (including phenoxy) is 1. The summed E-state index contributed by atoms with van der Waals surface area (Å²) in [5.74, 6) is 0.529. The van der Waals surface area contributed by atoms with Crippen LogP contribution >= 0.6 is 35.6 Å². The number of rotatable bonds is 4. The van der Waals surface area contributed by atoms with Crippen molar-refractivity contribution in [2.24, 2.45) is 11.8 Å². The summed E-state index contributed by atoms with van der Waals surface area (Å²) >= 11 is 11.6. The molecule has 38 heavy (non-hydrogen) atoms. The molecule has 0 radical (unpaired) electrons. The van der Waals surface area contributed by atoms with Gasteiger partial charge in [-0.2, -0.15) is 0 Å². The molecule has 2 aromatic rings. The molecule has 0 bridgehead atoms. The third-order valence-corrected chi connectivity index (χ3v) is 6.99. The van der Waals surface area contributed by atoms with Crippen molar-refractivity contribution in [2.45, 2.75) is 52.1 Å². The van der Waals surface area contributed by atoms with Gasteiger partial charge in [0, 0.05) is 46.1 Å². The van der Waals surface area contributed by atoms with Gasteiger partial charge < -0.3 is 15.0 Å². The molecule has 2 saturated heterocycles. The minimum absolute atomic E-state index is 0. The molecule has 9 heteroatoms. The first kappa shape index (κ1) is 32.1. The molecule has 0 atom stereocenters. The van der Waals surface area contributed by atoms with Crippen molar-refractivity contribution < 1.29 is 19.1 Å². The first-order valence-electron chi connectivity index (χ1n) is 12.8. The van der Waals surface area contributed by atoms with Crippen LogP contribution in [0, 0.1) is 11.8 Å². The Morgan fingerprint density at radius 2 is 1.16 bits per heavy atom. The lowest BCUT2D eigenvalue weighted by Gasteiger charge is -2.32. The van der Waals surface area contributed by atoms with Crippen molar-refractivity contribution in [2.75, 3.05) is 26.2 Å². The van der Waals surface area contributed by atoms with Gasteiger partial charge >= 0.3 is 6.09 Å². The zero-order valence-electron chi connectivity index (χ0n) is 22.2. The van der Waals surface area contributed by atoms with Gasteiger partial charge in [0.25, 0.3) is 0 Å². The molecule has 0 unspecified atom stereocenters. The molecule has 0 aromatic heterocycles. The van der Waals surface area contributed by atoms with Crippen molar-refractivity contribution in [3.05, 3.63) is 69.7 Å². The van der Waals surface area contributed by atoms with Gasteiger partial charge in [-0.3, -0.25) is 9.59 Å². The number of piperidine rings is 2. The first-order valence-corrected chi connectivity index (χ1v) is 13.6. The zero-order chi connectivity index (χ0) is 27.0. The number of halogens is 3. The van der Waals surface area contributed by atoms with Gasteiger partial charge in [0.2, 0.25) is 0 Å². The fraction of sp³-hybridized carbons (Fsp3) is 0.483. The molecule has 0 saturated carbocycles. The molecule has 0 aliphatic carbocycles. The van der Waals surface area contributed by atoms with Crippen molar-refractivity contribution >= 4 is 53.3 Å². The number of carbonyl (C=O) groups excluding carboxylic acids is 3. The van der Waals surface area contributed by atoms with Gasteiger partial charge in [-0.1, -0.05) is 23.2 Å². The topological polar surface area (TPSA) is 75.7 Å². The number of nitrogens with zero attached hydrogens (tertiary/aromatic N) is 1. The Kier molecular flexibility index (Phi) is 12.6. The second-order valence-electron chi connectivity index (χ2n) is 10.5. The van der Waals surface area contributed by atoms with Crippen LogP contribution in [0.4, 0.5) is 4.79 Å². The smallest absolute Gasteiger partial charge is 0.410 e. The average molecular weight is 584 g/mol. The molecule has 208 valence electrons. The number of hydrogen-bond donors (Lipinski definition) is 1. The summed E-state index contributed by atoms with van der Waals surface area (Å²) in [6.45, 7) is 8.55. The molecule has 6 nitrogen and oxygen atoms in total. The maximum Gasteiger partial charge on any atom is 0.410 e. The minimum Gasteiger partial charge on any atom is -0.444 e. The van der Waals surface area contributed by atoms with E-state index in [-0.39, 0.29) is 41.9 Å². The average Bonchev–Trinajstić information content (AvgIpc) is 2.89. The van der Waals surface area contributed by atoms with Gasteiger partial charge in [-0.05, 0) is 108 Å². The third-order valence-electron chi connectivity index (χ3n) is 6.48. The standard InChI is InChI=1S/C17H22ClNO3.C12H14ClNO.ClH/c1-17(2,3)22-16(21)19-10-8-13(9-11-19)15(20)12-4-6-14(18)7-5-12;13-11-3-1-9(2-4-11)12(15)10-5-7-14-8-6-10;/h4-7,13H,8-11H2,1-3H3;1-4,10,14H,5-8H2;1H. The van der Waals surface area contributed by atoms with Crippen LogP contribution in [0.2, 0.25) is 10.0 Å². The highest BCUT2D eigenvalue weighted by Gasteiger charge is 2.30. The summed E-state index contributed by atoms with van der Waals surface area (Å²) < 4.78 is 5.36. The van der Waals surface area contributed by atoms with E-state index < -0.39 is 5.60 Å². The van der Waals surface area contributed by atoms with Crippen LogP contribution in [0.25, 0.3) is 0 Å². The normalized spacial score (nSPS) is 16.5. The molecule has 2 aliphatic rings. The van der Waals surface area contributed by atoms with Crippen molar-refractivity contribution in [1.82, 2.24) is 10.2 Å². The Morgan fingerprint density at radius 3 is 1.55 bits per heavy atom. The maximum atomic E-state index is 12.4. The van der Waals surface area contributed by atoms with Crippen molar-refractivity contribution in [3.8, 4) is 0 Å². The largest absolute Gasteiger partial charge is 0.444 e. The Morgan fingerprint density at radius 1 is 0.763 bits per heavy atom. The predicted octanol–water partition coefficient (Wildman–Crippen LogP) is 7.11. The number of amides is 1. The number of nitrogens with one attached hydrogen (secondary N) is 1. The minimum atomic E-state index is -0.493. The highest BCUT2D eigenvalue weighted by Crippen LogP contribution is 2.24. The number of ketones is 2. The molecule has 1 N–H and O–H groups in total. The van der Waals surface area contributed by atoms with E-state index in [4.69, 9.17) is 27.9 Å². The van der Waals surface area contributed by atoms with Gasteiger partial charge in [-0.25, -0.2) is 4.79 Å². The molecule has 4 rings (SSSR count). The summed E-state index contributed by atoms with van der Waals surface area (Å²) in [6, 6.07) is 14.1. The predicted molar refractivity (Wildman–Crippen MR) is 155 cm³/mol. The molecular formula is C29H37Cl3N2O4. The molecular weight excluding hydrogens is 547 g/mol. The number of benzene rings is 2. The fourth-order valence-corrected chi connectivity index (χ4v) is 4.69. The SMILES string of the molecule is CC(C)(C)OC(=O)N1CCC(C(=O)c2ccc(Cl)cc2)CC1.Cl.O=C(c1ccc(Cl)cc1)C1CCNCC1. The lowest BCUT2D eigenvalue weighted by molar-refractivity contribution is 0.0182. The quantitative estimate of drug-likeness (QED) is 0.388. The molecule has 2 aliphatic heterocycles. The van der Waals surface area contributed by atoms with E-state index in [1.54, 1.807) is 41.3 Å². The number of Topliss-reactive ketones (excluding diaryl/α,β-unsaturated/α-hetero) is 2. The second kappa shape index (κ2) is 14.9. The lowest BCUT2D eigenvalue weighted by Crippen LogP contribution is -2.43. The van der Waals surface area contributed by atoms with E-state index in [1.807, 2.05) is 32.9 Å². The molecule has 0 spiro atoms. The highest BCUT2D eigenvalue weighted by molar-refractivity contribution is 6.31. The van der Waals surface area contributed by atoms with Crippen molar-refractivity contribution in [1.29, 1.82) is 0 Å². The molecule has 2 aromatic carbocycles. The highest BCUT2D eigenvalue weighted by atomic mass is 35.5. The van der Waals surface area contributed by atoms with Crippen LogP contribution < -0.4 is 5.32 Å². The van der Waals surface area contributed by atoms with E-state index in [0.717, 1.165) is 31.5 Å². The summed E-state index contributed by atoms with van der Waals surface area (Å²) in [5, 5.41) is 4.56. The fourth-order valence-electron chi connectivity index (χ4n) is 4.43. The van der Waals surface area contributed by atoms with Gasteiger partial charge in [0.15, 0.2) is 11.6 Å². The van der Waals surface area contributed by atoms with Crippen LogP contribution in [0.5, 0.6) is 0 Å². The molecule has 2 fully saturated rings. The molecule has 1 amide bonds. The van der Waals surface area contributed by atoms with Crippen LogP contribution in [-0.2, 0) is 4.74 Å². The van der Waals surface area contributed by atoms with E-state index >= 15 is 0 Å². The summed E-state index contributed by atoms with van der Waals surface area (Å²) in [5.41, 5.74) is 0.971. The number of carbonyl (C=O) groups is 3. The van der Waals surface area contributed by atoms with Gasteiger partial charge in [0.1, 0.15) is 5.60 Å². The summed E-state index contributed by atoms with van der Waals surface area (Å²) in [7, 11) is 0. The first-order chi connectivity index (χ1) is 17.5. The van der Waals surface area contributed by atoms with E-state index in [0.29, 0.717) is 41.5 Å². The Bertz CT molecular complexity index is 1050. The third kappa shape index (κ3) is 9.88. The zero-order valence-corrected chi connectivity index (χ0v) is 24.5. The summed E-state index contributed by atoms with van der Waals surface area (Å²) in [4.78, 5) is 38.2. The maximum absolute atomic E-state index is 12.4. The van der Waals surface area contributed by atoms with E-state index in [9.17, 15) is 14.4 Å². The summed E-state index contributed by atoms with van der Waals surface area (Å²) in [6.07, 6.45) is 2.93. The van der Waals surface area contributed by atoms with E-state index in [2.05, 4.69) is 5.32 Å². The van der Waals surface area contributed by atoms with Gasteiger partial charge in [-0.15, -0.1) is 12.4 Å². The van der Waals surface area contributed by atoms with Crippen LogP contribution in [0.15, 0.2) is 48.5 Å². The van der Waals surface area contributed by atoms with Crippen molar-refractivity contribution in [3.63, 3.8) is 0 Å². The number of hydrogen-bond acceptors (Lipinski definition) is 5. The van der Waals surface area contributed by atoms with Crippen LogP contribution in [-0.4, -0.2) is 54.3 Å². The van der Waals surface area contributed by atoms with Crippen LogP contribution in [0.1, 0.15) is 67.2 Å². The van der Waals surface area contributed by atoms with E-state index in [1.165, 1.54) is 0 Å². The monoisotopic (exact) mass is 582 g/mol. The number of likely N-dealkylation sites (tertiary alicyclic amines) is 1. The Hall–Kier alpha value is -2.12. The molecule has 2 heterocycles. The second-order valence-corrected chi connectivity index (χ2v) is 11.4. The van der Waals surface area contributed by atoms with Gasteiger partial charge in [0.05, 0.1) is 0 Å². The van der Waals surface area contributed by atoms with Crippen LogP contribution in [0.3, 0.4) is 0 Å². The lowest BCUT2D eigenvalue weighted by atomic mass is 9.89. The Balaban J connectivity index is 0.000000277.